The molecule has 18 heavy (non-hydrogen) atoms. The number of ether oxygens (including phenoxy) is 1. The van der Waals surface area contributed by atoms with Crippen molar-refractivity contribution in [1.82, 2.24) is 10.2 Å². The van der Waals surface area contributed by atoms with E-state index in [1.54, 1.807) is 4.90 Å². The second kappa shape index (κ2) is 7.36. The van der Waals surface area contributed by atoms with Crippen LogP contribution < -0.4 is 5.32 Å². The van der Waals surface area contributed by atoms with Gasteiger partial charge in [0.25, 0.3) is 0 Å². The number of hydrogen-bond acceptors (Lipinski definition) is 3. The first-order valence-corrected chi connectivity index (χ1v) is 6.64. The maximum absolute atomic E-state index is 11.8. The maximum Gasteiger partial charge on any atom is 0.242 e. The van der Waals surface area contributed by atoms with E-state index >= 15 is 0 Å². The van der Waals surface area contributed by atoms with Crippen LogP contribution in [0.5, 0.6) is 0 Å². The highest BCUT2D eigenvalue weighted by atomic mass is 16.5. The molecular weight excluding hydrogens is 232 g/mol. The molecule has 0 aromatic heterocycles. The van der Waals surface area contributed by atoms with Crippen LogP contribution in [0, 0.1) is 5.92 Å². The number of amides is 2. The molecule has 1 aliphatic heterocycles. The highest BCUT2D eigenvalue weighted by molar-refractivity contribution is 5.87. The molecule has 1 heterocycles. The molecule has 1 saturated heterocycles. The Morgan fingerprint density at radius 2 is 2.11 bits per heavy atom. The van der Waals surface area contributed by atoms with E-state index in [1.165, 1.54) is 0 Å². The number of rotatable bonds is 6. The summed E-state index contributed by atoms with van der Waals surface area (Å²) in [5.74, 6) is 0.547. The molecule has 104 valence electrons. The monoisotopic (exact) mass is 256 g/mol. The van der Waals surface area contributed by atoms with Gasteiger partial charge in [-0.2, -0.15) is 0 Å². The van der Waals surface area contributed by atoms with Gasteiger partial charge in [-0.1, -0.05) is 13.8 Å². The number of nitrogens with zero attached hydrogens (tertiary/aromatic N) is 1. The molecule has 0 spiro atoms. The first-order chi connectivity index (χ1) is 8.50. The fourth-order valence-corrected chi connectivity index (χ4v) is 1.90. The summed E-state index contributed by atoms with van der Waals surface area (Å²) in [7, 11) is 0. The second-order valence-corrected chi connectivity index (χ2v) is 5.21. The fraction of sp³-hybridized carbons (Fsp3) is 0.846. The third kappa shape index (κ3) is 5.04. The van der Waals surface area contributed by atoms with Crippen LogP contribution in [0.3, 0.4) is 0 Å². The van der Waals surface area contributed by atoms with Crippen LogP contribution in [0.25, 0.3) is 0 Å². The smallest absolute Gasteiger partial charge is 0.242 e. The van der Waals surface area contributed by atoms with E-state index in [-0.39, 0.29) is 24.4 Å². The van der Waals surface area contributed by atoms with Gasteiger partial charge in [-0.15, -0.1) is 0 Å². The van der Waals surface area contributed by atoms with E-state index in [4.69, 9.17) is 4.74 Å². The molecule has 1 N–H and O–H groups in total. The molecule has 2 amide bonds. The van der Waals surface area contributed by atoms with Crippen LogP contribution in [0.1, 0.15) is 33.6 Å². The molecule has 5 nitrogen and oxygen atoms in total. The van der Waals surface area contributed by atoms with Crippen LogP contribution in [0.2, 0.25) is 0 Å². The fourth-order valence-electron chi connectivity index (χ4n) is 1.90. The molecule has 1 unspecified atom stereocenters. The van der Waals surface area contributed by atoms with Gasteiger partial charge in [0.2, 0.25) is 11.8 Å². The van der Waals surface area contributed by atoms with Crippen molar-refractivity contribution in [2.45, 2.75) is 39.7 Å². The van der Waals surface area contributed by atoms with Gasteiger partial charge in [-0.05, 0) is 19.3 Å². The Morgan fingerprint density at radius 1 is 1.39 bits per heavy atom. The SMILES string of the molecule is CC(C)CCOCCN1C(=O)CNC(=O)CC1C. The number of carbonyl (C=O) groups is 2. The summed E-state index contributed by atoms with van der Waals surface area (Å²) in [6.07, 6.45) is 1.40. The summed E-state index contributed by atoms with van der Waals surface area (Å²) < 4.78 is 5.51. The van der Waals surface area contributed by atoms with E-state index in [0.29, 0.717) is 25.5 Å². The molecule has 1 rings (SSSR count). The predicted octanol–water partition coefficient (Wildman–Crippen LogP) is 0.786. The Balaban J connectivity index is 2.30. The summed E-state index contributed by atoms with van der Waals surface area (Å²) in [4.78, 5) is 24.8. The van der Waals surface area contributed by atoms with Crippen molar-refractivity contribution in [2.24, 2.45) is 5.92 Å². The predicted molar refractivity (Wildman–Crippen MR) is 69.1 cm³/mol. The van der Waals surface area contributed by atoms with Gasteiger partial charge in [0, 0.05) is 25.6 Å². The maximum atomic E-state index is 11.8. The zero-order valence-electron chi connectivity index (χ0n) is 11.6. The molecule has 0 saturated carbocycles. The average Bonchev–Trinajstić information content (AvgIpc) is 2.40. The van der Waals surface area contributed by atoms with Gasteiger partial charge in [0.15, 0.2) is 0 Å². The summed E-state index contributed by atoms with van der Waals surface area (Å²) in [6, 6.07) is -0.0475. The highest BCUT2D eigenvalue weighted by Crippen LogP contribution is 2.08. The third-order valence-electron chi connectivity index (χ3n) is 3.09. The molecule has 0 radical (unpaired) electrons. The van der Waals surface area contributed by atoms with Crippen LogP contribution >= 0.6 is 0 Å². The Labute approximate surface area is 109 Å². The van der Waals surface area contributed by atoms with Crippen molar-refractivity contribution < 1.29 is 14.3 Å². The van der Waals surface area contributed by atoms with E-state index in [9.17, 15) is 9.59 Å². The average molecular weight is 256 g/mol. The van der Waals surface area contributed by atoms with Crippen LogP contribution in [0.15, 0.2) is 0 Å². The Kier molecular flexibility index (Phi) is 6.12. The quantitative estimate of drug-likeness (QED) is 0.715. The lowest BCUT2D eigenvalue weighted by Crippen LogP contribution is -2.41. The van der Waals surface area contributed by atoms with Gasteiger partial charge in [0.05, 0.1) is 13.2 Å². The number of nitrogens with one attached hydrogen (secondary N) is 1. The van der Waals surface area contributed by atoms with Crippen molar-refractivity contribution >= 4 is 11.8 Å². The Morgan fingerprint density at radius 3 is 2.78 bits per heavy atom. The summed E-state index contributed by atoms with van der Waals surface area (Å²) >= 11 is 0. The van der Waals surface area contributed by atoms with Gasteiger partial charge < -0.3 is 15.0 Å². The molecule has 0 bridgehead atoms. The molecule has 1 atom stereocenters. The first-order valence-electron chi connectivity index (χ1n) is 6.64. The highest BCUT2D eigenvalue weighted by Gasteiger charge is 2.25. The van der Waals surface area contributed by atoms with Crippen LogP contribution in [-0.4, -0.2) is 49.1 Å². The molecule has 1 fully saturated rings. The van der Waals surface area contributed by atoms with Crippen molar-refractivity contribution in [3.8, 4) is 0 Å². The zero-order valence-corrected chi connectivity index (χ0v) is 11.6. The summed E-state index contributed by atoms with van der Waals surface area (Å²) in [5, 5.41) is 2.60. The van der Waals surface area contributed by atoms with E-state index in [0.717, 1.165) is 13.0 Å². The van der Waals surface area contributed by atoms with Crippen molar-refractivity contribution in [3.63, 3.8) is 0 Å². The van der Waals surface area contributed by atoms with Gasteiger partial charge in [-0.3, -0.25) is 9.59 Å². The molecule has 1 aliphatic rings. The molecular formula is C13H24N2O3. The van der Waals surface area contributed by atoms with Crippen LogP contribution in [-0.2, 0) is 14.3 Å². The largest absolute Gasteiger partial charge is 0.380 e. The minimum Gasteiger partial charge on any atom is -0.380 e. The van der Waals surface area contributed by atoms with Crippen molar-refractivity contribution in [1.29, 1.82) is 0 Å². The first kappa shape index (κ1) is 15.0. The minimum absolute atomic E-state index is 0.0270. The molecule has 0 aliphatic carbocycles. The topological polar surface area (TPSA) is 58.6 Å². The van der Waals surface area contributed by atoms with E-state index in [2.05, 4.69) is 19.2 Å². The Bertz CT molecular complexity index is 292. The Hall–Kier alpha value is -1.10. The lowest BCUT2D eigenvalue weighted by atomic mass is 10.1. The van der Waals surface area contributed by atoms with Gasteiger partial charge in [0.1, 0.15) is 0 Å². The normalized spacial score (nSPS) is 21.1. The molecule has 0 aromatic carbocycles. The van der Waals surface area contributed by atoms with Crippen molar-refractivity contribution in [3.05, 3.63) is 0 Å². The third-order valence-corrected chi connectivity index (χ3v) is 3.09. The van der Waals surface area contributed by atoms with E-state index in [1.807, 2.05) is 6.92 Å². The van der Waals surface area contributed by atoms with Crippen LogP contribution in [0.4, 0.5) is 0 Å². The summed E-state index contributed by atoms with van der Waals surface area (Å²) in [6.45, 7) is 8.14. The summed E-state index contributed by atoms with van der Waals surface area (Å²) in [5.41, 5.74) is 0. The number of hydrogen-bond donors (Lipinski definition) is 1. The van der Waals surface area contributed by atoms with E-state index < -0.39 is 0 Å². The molecule has 0 aromatic rings. The second-order valence-electron chi connectivity index (χ2n) is 5.21. The zero-order chi connectivity index (χ0) is 13.5. The minimum atomic E-state index is -0.0564. The lowest BCUT2D eigenvalue weighted by molar-refractivity contribution is -0.132. The molecule has 5 heteroatoms. The van der Waals surface area contributed by atoms with Crippen molar-refractivity contribution in [2.75, 3.05) is 26.3 Å². The van der Waals surface area contributed by atoms with Gasteiger partial charge in [-0.25, -0.2) is 0 Å². The number of carbonyl (C=O) groups excluding carboxylic acids is 2. The van der Waals surface area contributed by atoms with Gasteiger partial charge >= 0.3 is 0 Å². The lowest BCUT2D eigenvalue weighted by Gasteiger charge is -2.26. The standard InChI is InChI=1S/C13H24N2O3/c1-10(2)4-6-18-7-5-15-11(3)8-12(16)14-9-13(15)17/h10-11H,4-9H2,1-3H3,(H,14,16).